The van der Waals surface area contributed by atoms with E-state index in [4.69, 9.17) is 24.1 Å². The largest absolute Gasteiger partial charge is 0.504 e. The zero-order chi connectivity index (χ0) is 46.1. The monoisotopic (exact) mass is 889 g/mol. The van der Waals surface area contributed by atoms with Crippen molar-refractivity contribution < 1.29 is 53.2 Å². The fourth-order valence-corrected chi connectivity index (χ4v) is 13.8. The van der Waals surface area contributed by atoms with E-state index in [0.717, 1.165) is 5.56 Å². The Bertz CT molecular complexity index is 2500. The number of Topliss-reactive ketones (excluding diaryl/α,β-unsaturated/α-hetero) is 1. The topological polar surface area (TPSA) is 184 Å². The number of hydrogen-bond donors (Lipinski definition) is 3. The van der Waals surface area contributed by atoms with Gasteiger partial charge in [-0.15, -0.1) is 0 Å². The smallest absolute Gasteiger partial charge is 0.328 e. The van der Waals surface area contributed by atoms with Crippen molar-refractivity contribution in [2.45, 2.75) is 101 Å². The molecule has 1 aromatic heterocycles. The molecule has 3 aromatic rings. The summed E-state index contributed by atoms with van der Waals surface area (Å²) in [5.41, 5.74) is 2.94. The van der Waals surface area contributed by atoms with Gasteiger partial charge in [-0.05, 0) is 112 Å². The molecule has 10 rings (SSSR count). The van der Waals surface area contributed by atoms with Crippen LogP contribution in [0.15, 0.2) is 123 Å². The number of benzene rings is 2. The van der Waals surface area contributed by atoms with Crippen LogP contribution in [0.4, 0.5) is 0 Å². The van der Waals surface area contributed by atoms with Gasteiger partial charge in [-0.1, -0.05) is 73.7 Å². The molecule has 13 heteroatoms. The number of allylic oxidation sites excluding steroid dienone is 4. The Morgan fingerprint density at radius 1 is 0.891 bits per heavy atom. The number of fused-ring (bicyclic) bond motifs is 5. The normalized spacial score (nSPS) is 32.9. The Labute approximate surface area is 377 Å². The molecule has 64 heavy (non-hydrogen) atoms. The highest BCUT2D eigenvalue weighted by atomic mass is 32.2. The molecule has 2 saturated heterocycles. The summed E-state index contributed by atoms with van der Waals surface area (Å²) in [6.45, 7) is 13.2. The molecule has 0 amide bonds. The molecule has 8 unspecified atom stereocenters. The molecule has 336 valence electrons. The number of ether oxygens (including phenoxy) is 2. The first-order valence-corrected chi connectivity index (χ1v) is 22.5. The van der Waals surface area contributed by atoms with Gasteiger partial charge in [-0.2, -0.15) is 0 Å². The third-order valence-corrected chi connectivity index (χ3v) is 16.4. The van der Waals surface area contributed by atoms with Gasteiger partial charge in [0.1, 0.15) is 11.7 Å². The second kappa shape index (κ2) is 16.2. The van der Waals surface area contributed by atoms with Crippen molar-refractivity contribution in [2.24, 2.45) is 27.6 Å². The van der Waals surface area contributed by atoms with Crippen molar-refractivity contribution in [1.29, 1.82) is 0 Å². The Balaban J connectivity index is 0.000000163. The van der Waals surface area contributed by atoms with E-state index in [-0.39, 0.29) is 23.6 Å². The SMILES string of the molecule is CC(=O)OC1CC2(C)C(c3ccoc3)CC3OC32C2(C)C(=O)C(O)=C3C(C)(C)C(=O)C=CC3(C)C12.CN1CCC(=C2c3ccccc3Sc3ccccc32)CC1.O=C(O)C=CC(=O)O. The maximum Gasteiger partial charge on any atom is 0.328 e. The van der Waals surface area contributed by atoms with E-state index < -0.39 is 63.0 Å². The molecule has 7 aliphatic rings. The average Bonchev–Trinajstić information content (AvgIpc) is 3.61. The summed E-state index contributed by atoms with van der Waals surface area (Å²) in [7, 11) is 2.22. The maximum atomic E-state index is 14.3. The number of furan rings is 1. The first-order chi connectivity index (χ1) is 30.2. The van der Waals surface area contributed by atoms with Gasteiger partial charge in [0, 0.05) is 58.7 Å². The number of nitrogens with zero attached hydrogens (tertiary/aromatic N) is 1. The van der Waals surface area contributed by atoms with E-state index >= 15 is 0 Å². The van der Waals surface area contributed by atoms with Crippen molar-refractivity contribution in [3.8, 4) is 0 Å². The van der Waals surface area contributed by atoms with Gasteiger partial charge in [-0.3, -0.25) is 14.4 Å². The van der Waals surface area contributed by atoms with Crippen LogP contribution in [0.2, 0.25) is 0 Å². The minimum Gasteiger partial charge on any atom is -0.504 e. The van der Waals surface area contributed by atoms with Crippen molar-refractivity contribution in [1.82, 2.24) is 4.90 Å². The number of carbonyl (C=O) groups excluding carboxylic acids is 3. The van der Waals surface area contributed by atoms with E-state index in [9.17, 15) is 29.1 Å². The number of aliphatic hydroxyl groups excluding tert-OH is 1. The highest BCUT2D eigenvalue weighted by molar-refractivity contribution is 7.99. The number of carboxylic acids is 2. The Hall–Kier alpha value is -5.50. The van der Waals surface area contributed by atoms with E-state index in [0.29, 0.717) is 30.6 Å². The van der Waals surface area contributed by atoms with Crippen LogP contribution in [0, 0.1) is 27.6 Å². The summed E-state index contributed by atoms with van der Waals surface area (Å²) in [6.07, 6.45) is 10.7. The lowest BCUT2D eigenvalue weighted by Gasteiger charge is -2.64. The minimum atomic E-state index is -1.26. The van der Waals surface area contributed by atoms with E-state index in [1.807, 2.05) is 31.7 Å². The van der Waals surface area contributed by atoms with Crippen LogP contribution in [0.25, 0.3) is 5.57 Å². The lowest BCUT2D eigenvalue weighted by Crippen LogP contribution is -2.70. The lowest BCUT2D eigenvalue weighted by molar-refractivity contribution is -0.200. The second-order valence-corrected chi connectivity index (χ2v) is 20.3. The molecule has 4 fully saturated rings. The number of epoxide rings is 1. The summed E-state index contributed by atoms with van der Waals surface area (Å²) in [6, 6.07) is 19.7. The maximum absolute atomic E-state index is 14.3. The predicted molar refractivity (Wildman–Crippen MR) is 238 cm³/mol. The van der Waals surface area contributed by atoms with Crippen LogP contribution in [-0.2, 0) is 33.4 Å². The molecular formula is C51H55NO11S. The second-order valence-electron chi connectivity index (χ2n) is 19.2. The Morgan fingerprint density at radius 3 is 2.03 bits per heavy atom. The number of aliphatic carboxylic acids is 2. The summed E-state index contributed by atoms with van der Waals surface area (Å²) >= 11 is 1.91. The van der Waals surface area contributed by atoms with Crippen LogP contribution in [0.3, 0.4) is 0 Å². The molecule has 0 bridgehead atoms. The van der Waals surface area contributed by atoms with Gasteiger partial charge in [0.25, 0.3) is 0 Å². The Morgan fingerprint density at radius 2 is 1.48 bits per heavy atom. The van der Waals surface area contributed by atoms with Gasteiger partial charge in [-0.25, -0.2) is 9.59 Å². The molecule has 1 spiro atoms. The first kappa shape index (κ1) is 45.1. The fourth-order valence-electron chi connectivity index (χ4n) is 12.7. The van der Waals surface area contributed by atoms with Gasteiger partial charge in [0.15, 0.2) is 11.5 Å². The number of rotatable bonds is 4. The zero-order valence-corrected chi connectivity index (χ0v) is 38.0. The highest BCUT2D eigenvalue weighted by Crippen LogP contribution is 2.81. The van der Waals surface area contributed by atoms with E-state index in [1.165, 1.54) is 59.3 Å². The third kappa shape index (κ3) is 6.93. The zero-order valence-electron chi connectivity index (χ0n) is 37.2. The standard InChI is InChI=1S/C28H32O7.C19H19NS.C4H4O4/c1-14(29)34-17-12-26(5)16(15-8-10-33-13-15)11-19-28(26,35-19)27(6)21(17)25(4)9-7-18(30)24(2,3)22(25)20(31)23(27)32;1-20-12-10-14(11-13-20)19-15-6-2-4-8-17(15)21-18-9-5-3-7-16(18)19;5-3(6)1-2-4(7)8/h7-10,13,16-17,19,21,31H,11-12H2,1-6H3;2-9H,10-13H2,1H3;1-2H,(H,5,6)(H,7,8). The summed E-state index contributed by atoms with van der Waals surface area (Å²) in [4.78, 5) is 63.9. The van der Waals surface area contributed by atoms with Gasteiger partial charge in [0.05, 0.1) is 29.5 Å². The molecular weight excluding hydrogens is 835 g/mol. The number of ketones is 2. The third-order valence-electron chi connectivity index (χ3n) is 15.2. The van der Waals surface area contributed by atoms with Gasteiger partial charge in [0.2, 0.25) is 5.78 Å². The number of carbonyl (C=O) groups is 5. The van der Waals surface area contributed by atoms with Crippen molar-refractivity contribution in [3.05, 3.63) is 125 Å². The molecule has 12 nitrogen and oxygen atoms in total. The van der Waals surface area contributed by atoms with Crippen molar-refractivity contribution in [2.75, 3.05) is 20.1 Å². The highest BCUT2D eigenvalue weighted by Gasteiger charge is 2.89. The molecule has 2 saturated carbocycles. The van der Waals surface area contributed by atoms with Gasteiger partial charge < -0.3 is 34.1 Å². The average molecular weight is 890 g/mol. The van der Waals surface area contributed by atoms with E-state index in [2.05, 4.69) is 67.4 Å². The van der Waals surface area contributed by atoms with Crippen LogP contribution in [0.5, 0.6) is 0 Å². The van der Waals surface area contributed by atoms with Crippen LogP contribution in [-0.4, -0.2) is 87.6 Å². The van der Waals surface area contributed by atoms with Crippen LogP contribution in [0.1, 0.15) is 89.8 Å². The molecule has 2 aromatic carbocycles. The molecule has 4 aliphatic carbocycles. The number of piperidine rings is 1. The van der Waals surface area contributed by atoms with Crippen LogP contribution < -0.4 is 0 Å². The number of likely N-dealkylation sites (tertiary alicyclic amines) is 1. The first-order valence-electron chi connectivity index (χ1n) is 21.7. The molecule has 4 heterocycles. The lowest BCUT2D eigenvalue weighted by atomic mass is 9.38. The quantitative estimate of drug-likeness (QED) is 0.100. The molecule has 0 radical (unpaired) electrons. The summed E-state index contributed by atoms with van der Waals surface area (Å²) in [5, 5.41) is 27.1. The number of carboxylic acid groups (broad SMARTS) is 2. The van der Waals surface area contributed by atoms with Crippen molar-refractivity contribution in [3.63, 3.8) is 0 Å². The fraction of sp³-hybridized carbons (Fsp3) is 0.431. The number of aliphatic hydroxyl groups is 1. The van der Waals surface area contributed by atoms with Gasteiger partial charge >= 0.3 is 17.9 Å². The summed E-state index contributed by atoms with van der Waals surface area (Å²) in [5.74, 6) is -4.35. The predicted octanol–water partition coefficient (Wildman–Crippen LogP) is 8.83. The Kier molecular flexibility index (Phi) is 11.4. The summed E-state index contributed by atoms with van der Waals surface area (Å²) < 4.78 is 17.9. The molecule has 8 atom stereocenters. The number of esters is 1. The minimum absolute atomic E-state index is 0.0453. The van der Waals surface area contributed by atoms with E-state index in [1.54, 1.807) is 44.1 Å². The molecule has 3 aliphatic heterocycles. The molecule has 3 N–H and O–H groups in total. The van der Waals surface area contributed by atoms with Crippen molar-refractivity contribution >= 4 is 46.8 Å². The number of hydrogen-bond acceptors (Lipinski definition) is 11. The van der Waals surface area contributed by atoms with Crippen LogP contribution >= 0.6 is 11.8 Å².